The van der Waals surface area contributed by atoms with Gasteiger partial charge < -0.3 is 13.9 Å². The Morgan fingerprint density at radius 1 is 1.11 bits per heavy atom. The molecule has 0 radical (unpaired) electrons. The Hall–Kier alpha value is -2.00. The van der Waals surface area contributed by atoms with Crippen LogP contribution in [0.4, 0.5) is 0 Å². The minimum Gasteiger partial charge on any atom is -0.463 e. The summed E-state index contributed by atoms with van der Waals surface area (Å²) in [5.74, 6) is 1.90. The molecule has 0 aliphatic rings. The van der Waals surface area contributed by atoms with Gasteiger partial charge in [0, 0.05) is 11.8 Å². The Labute approximate surface area is 111 Å². The molecule has 0 amide bonds. The summed E-state index contributed by atoms with van der Waals surface area (Å²) in [6.45, 7) is 4.00. The van der Waals surface area contributed by atoms with Gasteiger partial charge in [-0.25, -0.2) is 0 Å². The summed E-state index contributed by atoms with van der Waals surface area (Å²) in [4.78, 5) is 0. The van der Waals surface area contributed by atoms with Gasteiger partial charge in [0.25, 0.3) is 0 Å². The molecule has 3 rings (SSSR count). The van der Waals surface area contributed by atoms with E-state index in [1.807, 2.05) is 44.2 Å². The number of hydrogen-bond acceptors (Lipinski definition) is 3. The highest BCUT2D eigenvalue weighted by atomic mass is 16.4. The van der Waals surface area contributed by atoms with E-state index in [2.05, 4.69) is 0 Å². The van der Waals surface area contributed by atoms with Crippen molar-refractivity contribution in [2.24, 2.45) is 0 Å². The van der Waals surface area contributed by atoms with Crippen LogP contribution in [0.1, 0.15) is 35.9 Å². The van der Waals surface area contributed by atoms with Crippen molar-refractivity contribution in [2.75, 3.05) is 0 Å². The molecular weight excluding hydrogens is 240 g/mol. The van der Waals surface area contributed by atoms with Crippen LogP contribution in [0, 0.1) is 6.92 Å². The summed E-state index contributed by atoms with van der Waals surface area (Å²) in [5.41, 5.74) is 1.88. The van der Waals surface area contributed by atoms with E-state index in [-0.39, 0.29) is 0 Å². The molecule has 1 aromatic carbocycles. The van der Waals surface area contributed by atoms with Gasteiger partial charge in [-0.2, -0.15) is 0 Å². The molecule has 0 spiro atoms. The standard InChI is InChI=1S/C16H16O3/c1-3-12-7-8-13(18-12)15(17)14-9-11-6-4-5-10(2)16(11)19-14/h4-9,15,17H,3H2,1-2H3. The van der Waals surface area contributed by atoms with Crippen LogP contribution in [-0.2, 0) is 6.42 Å². The van der Waals surface area contributed by atoms with Crippen LogP contribution < -0.4 is 0 Å². The van der Waals surface area contributed by atoms with Gasteiger partial charge in [0.15, 0.2) is 6.10 Å². The van der Waals surface area contributed by atoms with Gasteiger partial charge in [-0.3, -0.25) is 0 Å². The Kier molecular flexibility index (Phi) is 2.91. The van der Waals surface area contributed by atoms with E-state index >= 15 is 0 Å². The maximum Gasteiger partial charge on any atom is 0.169 e. The lowest BCUT2D eigenvalue weighted by molar-refractivity contribution is 0.163. The zero-order valence-corrected chi connectivity index (χ0v) is 11.0. The average Bonchev–Trinajstić information content (AvgIpc) is 3.05. The number of aliphatic hydroxyl groups is 1. The second-order valence-electron chi connectivity index (χ2n) is 4.70. The summed E-state index contributed by atoms with van der Waals surface area (Å²) in [6, 6.07) is 11.5. The topological polar surface area (TPSA) is 46.5 Å². The minimum absolute atomic E-state index is 0.515. The maximum atomic E-state index is 10.3. The zero-order valence-electron chi connectivity index (χ0n) is 11.0. The highest BCUT2D eigenvalue weighted by Crippen LogP contribution is 2.30. The van der Waals surface area contributed by atoms with E-state index in [9.17, 15) is 5.11 Å². The quantitative estimate of drug-likeness (QED) is 0.771. The van der Waals surface area contributed by atoms with E-state index in [1.54, 1.807) is 6.07 Å². The van der Waals surface area contributed by atoms with Crippen LogP contribution in [0.3, 0.4) is 0 Å². The molecule has 3 nitrogen and oxygen atoms in total. The van der Waals surface area contributed by atoms with Gasteiger partial charge in [0.05, 0.1) is 0 Å². The van der Waals surface area contributed by atoms with Gasteiger partial charge >= 0.3 is 0 Å². The Bertz CT molecular complexity index is 706. The van der Waals surface area contributed by atoms with Crippen molar-refractivity contribution in [3.8, 4) is 0 Å². The number of rotatable bonds is 3. The molecule has 3 heteroatoms. The largest absolute Gasteiger partial charge is 0.463 e. The molecule has 0 bridgehead atoms. The van der Waals surface area contributed by atoms with E-state index in [1.165, 1.54) is 0 Å². The molecule has 2 aromatic heterocycles. The fraction of sp³-hybridized carbons (Fsp3) is 0.250. The average molecular weight is 256 g/mol. The van der Waals surface area contributed by atoms with Crippen molar-refractivity contribution in [2.45, 2.75) is 26.4 Å². The van der Waals surface area contributed by atoms with Gasteiger partial charge in [-0.05, 0) is 30.7 Å². The SMILES string of the molecule is CCc1ccc(C(O)c2cc3cccc(C)c3o2)o1. The highest BCUT2D eigenvalue weighted by Gasteiger charge is 2.19. The summed E-state index contributed by atoms with van der Waals surface area (Å²) in [6.07, 6.45) is -0.0431. The fourth-order valence-electron chi connectivity index (χ4n) is 2.24. The predicted octanol–water partition coefficient (Wildman–Crippen LogP) is 3.98. The van der Waals surface area contributed by atoms with Gasteiger partial charge in [-0.15, -0.1) is 0 Å². The lowest BCUT2D eigenvalue weighted by Gasteiger charge is -2.03. The smallest absolute Gasteiger partial charge is 0.169 e. The third-order valence-electron chi connectivity index (χ3n) is 3.33. The van der Waals surface area contributed by atoms with E-state index in [4.69, 9.17) is 8.83 Å². The first-order valence-electron chi connectivity index (χ1n) is 6.44. The normalized spacial score (nSPS) is 13.0. The number of fused-ring (bicyclic) bond motifs is 1. The molecule has 2 heterocycles. The molecular formula is C16H16O3. The zero-order chi connectivity index (χ0) is 13.4. The second-order valence-corrected chi connectivity index (χ2v) is 4.70. The first-order chi connectivity index (χ1) is 9.19. The summed E-state index contributed by atoms with van der Waals surface area (Å²) in [7, 11) is 0. The molecule has 0 saturated carbocycles. The molecule has 0 fully saturated rings. The first-order valence-corrected chi connectivity index (χ1v) is 6.44. The van der Waals surface area contributed by atoms with E-state index < -0.39 is 6.10 Å². The highest BCUT2D eigenvalue weighted by molar-refractivity contribution is 5.81. The predicted molar refractivity (Wildman–Crippen MR) is 73.1 cm³/mol. The second kappa shape index (κ2) is 4.59. The molecule has 98 valence electrons. The first kappa shape index (κ1) is 12.1. The van der Waals surface area contributed by atoms with Crippen molar-refractivity contribution in [1.82, 2.24) is 0 Å². The lowest BCUT2D eigenvalue weighted by atomic mass is 10.1. The number of hydrogen-bond donors (Lipinski definition) is 1. The Morgan fingerprint density at radius 3 is 2.63 bits per heavy atom. The maximum absolute atomic E-state index is 10.3. The van der Waals surface area contributed by atoms with Gasteiger partial charge in [-0.1, -0.05) is 25.1 Å². The van der Waals surface area contributed by atoms with Crippen molar-refractivity contribution >= 4 is 11.0 Å². The third-order valence-corrected chi connectivity index (χ3v) is 3.33. The number of aliphatic hydroxyl groups excluding tert-OH is 1. The van der Waals surface area contributed by atoms with Crippen molar-refractivity contribution in [1.29, 1.82) is 0 Å². The summed E-state index contributed by atoms with van der Waals surface area (Å²) >= 11 is 0. The molecule has 0 aliphatic carbocycles. The molecule has 0 aliphatic heterocycles. The van der Waals surface area contributed by atoms with Crippen LogP contribution in [0.5, 0.6) is 0 Å². The van der Waals surface area contributed by atoms with Crippen LogP contribution >= 0.6 is 0 Å². The minimum atomic E-state index is -0.855. The van der Waals surface area contributed by atoms with Crippen molar-refractivity contribution in [3.63, 3.8) is 0 Å². The molecule has 19 heavy (non-hydrogen) atoms. The molecule has 1 unspecified atom stereocenters. The van der Waals surface area contributed by atoms with Crippen LogP contribution in [0.25, 0.3) is 11.0 Å². The summed E-state index contributed by atoms with van der Waals surface area (Å²) in [5, 5.41) is 11.3. The van der Waals surface area contributed by atoms with E-state index in [0.29, 0.717) is 11.5 Å². The lowest BCUT2D eigenvalue weighted by Crippen LogP contribution is -1.95. The molecule has 1 atom stereocenters. The molecule has 0 saturated heterocycles. The summed E-state index contributed by atoms with van der Waals surface area (Å²) < 4.78 is 11.3. The van der Waals surface area contributed by atoms with E-state index in [0.717, 1.165) is 28.7 Å². The van der Waals surface area contributed by atoms with Crippen LogP contribution in [0.2, 0.25) is 0 Å². The fourth-order valence-corrected chi connectivity index (χ4v) is 2.24. The molecule has 1 N–H and O–H groups in total. The van der Waals surface area contributed by atoms with Gasteiger partial charge in [0.1, 0.15) is 22.9 Å². The van der Waals surface area contributed by atoms with Crippen LogP contribution in [-0.4, -0.2) is 5.11 Å². The number of benzene rings is 1. The van der Waals surface area contributed by atoms with Crippen molar-refractivity contribution in [3.05, 3.63) is 59.2 Å². The Morgan fingerprint density at radius 2 is 1.95 bits per heavy atom. The number of aryl methyl sites for hydroxylation is 2. The Balaban J connectivity index is 2.01. The van der Waals surface area contributed by atoms with Crippen molar-refractivity contribution < 1.29 is 13.9 Å². The third kappa shape index (κ3) is 2.06. The van der Waals surface area contributed by atoms with Gasteiger partial charge in [0.2, 0.25) is 0 Å². The van der Waals surface area contributed by atoms with Crippen LogP contribution in [0.15, 0.2) is 45.2 Å². The monoisotopic (exact) mass is 256 g/mol. The molecule has 3 aromatic rings. The number of para-hydroxylation sites is 1. The number of furan rings is 2.